The van der Waals surface area contributed by atoms with Crippen molar-refractivity contribution in [3.8, 4) is 23.0 Å². The van der Waals surface area contributed by atoms with E-state index < -0.39 is 0 Å². The van der Waals surface area contributed by atoms with Crippen molar-refractivity contribution < 1.29 is 4.39 Å². The minimum Gasteiger partial charge on any atom is -0.211 e. The molecule has 3 aromatic rings. The SMILES string of the molecule is CCc1ccccc1-n1nnc(C#N)c1-c1ccc(F)cc1. The van der Waals surface area contributed by atoms with Crippen molar-refractivity contribution in [2.75, 3.05) is 0 Å². The highest BCUT2D eigenvalue weighted by Gasteiger charge is 2.17. The van der Waals surface area contributed by atoms with Crippen molar-refractivity contribution in [3.63, 3.8) is 0 Å². The zero-order valence-electron chi connectivity index (χ0n) is 12.0. The maximum Gasteiger partial charge on any atom is 0.191 e. The molecule has 108 valence electrons. The third kappa shape index (κ3) is 2.35. The van der Waals surface area contributed by atoms with Crippen LogP contribution in [0.3, 0.4) is 0 Å². The molecule has 0 bridgehead atoms. The summed E-state index contributed by atoms with van der Waals surface area (Å²) in [4.78, 5) is 0. The van der Waals surface area contributed by atoms with Crippen molar-refractivity contribution in [1.82, 2.24) is 15.0 Å². The Morgan fingerprint density at radius 2 is 1.86 bits per heavy atom. The number of aromatic nitrogens is 3. The van der Waals surface area contributed by atoms with Gasteiger partial charge in [-0.25, -0.2) is 9.07 Å². The van der Waals surface area contributed by atoms with Gasteiger partial charge in [-0.1, -0.05) is 30.3 Å². The summed E-state index contributed by atoms with van der Waals surface area (Å²) in [6.07, 6.45) is 0.834. The lowest BCUT2D eigenvalue weighted by Gasteiger charge is -2.10. The Kier molecular flexibility index (Phi) is 3.67. The van der Waals surface area contributed by atoms with E-state index in [4.69, 9.17) is 0 Å². The molecule has 0 aliphatic carbocycles. The predicted octanol–water partition coefficient (Wildman–Crippen LogP) is 3.51. The van der Waals surface area contributed by atoms with Crippen LogP contribution in [0.15, 0.2) is 48.5 Å². The second-order valence-corrected chi connectivity index (χ2v) is 4.80. The first-order valence-electron chi connectivity index (χ1n) is 6.94. The fourth-order valence-corrected chi connectivity index (χ4v) is 2.41. The van der Waals surface area contributed by atoms with Crippen molar-refractivity contribution >= 4 is 0 Å². The van der Waals surface area contributed by atoms with Gasteiger partial charge in [0.1, 0.15) is 17.6 Å². The lowest BCUT2D eigenvalue weighted by molar-refractivity contribution is 0.628. The molecule has 4 nitrogen and oxygen atoms in total. The fraction of sp³-hybridized carbons (Fsp3) is 0.118. The van der Waals surface area contributed by atoms with Gasteiger partial charge in [0.25, 0.3) is 0 Å². The Balaban J connectivity index is 2.24. The van der Waals surface area contributed by atoms with Crippen molar-refractivity contribution in [2.45, 2.75) is 13.3 Å². The third-order valence-corrected chi connectivity index (χ3v) is 3.49. The fourth-order valence-electron chi connectivity index (χ4n) is 2.41. The molecule has 0 fully saturated rings. The molecular formula is C17H13FN4. The molecule has 1 heterocycles. The first-order chi connectivity index (χ1) is 10.7. The first kappa shape index (κ1) is 14.0. The maximum atomic E-state index is 13.1. The van der Waals surface area contributed by atoms with E-state index >= 15 is 0 Å². The van der Waals surface area contributed by atoms with E-state index in [9.17, 15) is 9.65 Å². The second-order valence-electron chi connectivity index (χ2n) is 4.80. The highest BCUT2D eigenvalue weighted by atomic mass is 19.1. The molecule has 0 aliphatic heterocycles. The number of nitrogens with zero attached hydrogens (tertiary/aromatic N) is 4. The Hall–Kier alpha value is -3.00. The molecular weight excluding hydrogens is 279 g/mol. The summed E-state index contributed by atoms with van der Waals surface area (Å²) in [6.45, 7) is 2.05. The lowest BCUT2D eigenvalue weighted by Crippen LogP contribution is -2.03. The van der Waals surface area contributed by atoms with Crippen LogP contribution in [0.2, 0.25) is 0 Å². The Labute approximate surface area is 127 Å². The minimum atomic E-state index is -0.324. The zero-order valence-corrected chi connectivity index (χ0v) is 12.0. The monoisotopic (exact) mass is 292 g/mol. The average Bonchev–Trinajstić information content (AvgIpc) is 2.99. The van der Waals surface area contributed by atoms with Crippen molar-refractivity contribution in [3.05, 3.63) is 65.6 Å². The van der Waals surface area contributed by atoms with Gasteiger partial charge in [-0.3, -0.25) is 0 Å². The lowest BCUT2D eigenvalue weighted by atomic mass is 10.1. The quantitative estimate of drug-likeness (QED) is 0.742. The van der Waals surface area contributed by atoms with E-state index in [1.807, 2.05) is 30.3 Å². The highest BCUT2D eigenvalue weighted by molar-refractivity contribution is 5.67. The molecule has 0 unspecified atom stereocenters. The van der Waals surface area contributed by atoms with Crippen LogP contribution in [0.5, 0.6) is 0 Å². The van der Waals surface area contributed by atoms with E-state index in [1.54, 1.807) is 16.8 Å². The summed E-state index contributed by atoms with van der Waals surface area (Å²) in [5.74, 6) is -0.324. The molecule has 0 saturated carbocycles. The van der Waals surface area contributed by atoms with E-state index in [-0.39, 0.29) is 11.5 Å². The number of aryl methyl sites for hydroxylation is 1. The molecule has 0 spiro atoms. The van der Waals surface area contributed by atoms with Crippen LogP contribution in [-0.2, 0) is 6.42 Å². The van der Waals surface area contributed by atoms with E-state index in [2.05, 4.69) is 17.2 Å². The maximum absolute atomic E-state index is 13.1. The molecule has 0 saturated heterocycles. The second kappa shape index (κ2) is 5.78. The standard InChI is InChI=1S/C17H13FN4/c1-2-12-5-3-4-6-16(12)22-17(15(11-19)20-21-22)13-7-9-14(18)10-8-13/h3-10H,2H2,1H3. The molecule has 0 amide bonds. The number of hydrogen-bond donors (Lipinski definition) is 0. The average molecular weight is 292 g/mol. The number of benzene rings is 2. The van der Waals surface area contributed by atoms with E-state index in [1.165, 1.54) is 12.1 Å². The Morgan fingerprint density at radius 3 is 2.55 bits per heavy atom. The molecule has 3 rings (SSSR count). The van der Waals surface area contributed by atoms with Gasteiger partial charge in [0.15, 0.2) is 5.69 Å². The van der Waals surface area contributed by atoms with Gasteiger partial charge < -0.3 is 0 Å². The zero-order chi connectivity index (χ0) is 15.5. The summed E-state index contributed by atoms with van der Waals surface area (Å²) < 4.78 is 14.8. The van der Waals surface area contributed by atoms with Gasteiger partial charge in [-0.2, -0.15) is 5.26 Å². The summed E-state index contributed by atoms with van der Waals surface area (Å²) in [5, 5.41) is 17.3. The van der Waals surface area contributed by atoms with Crippen LogP contribution < -0.4 is 0 Å². The summed E-state index contributed by atoms with van der Waals surface area (Å²) >= 11 is 0. The molecule has 0 N–H and O–H groups in total. The van der Waals surface area contributed by atoms with Crippen LogP contribution in [0, 0.1) is 17.1 Å². The third-order valence-electron chi connectivity index (χ3n) is 3.49. The molecule has 1 aromatic heterocycles. The summed E-state index contributed by atoms with van der Waals surface area (Å²) in [7, 11) is 0. The Bertz CT molecular complexity index is 844. The normalized spacial score (nSPS) is 10.4. The first-order valence-corrected chi connectivity index (χ1v) is 6.94. The van der Waals surface area contributed by atoms with E-state index in [0.717, 1.165) is 17.7 Å². The molecule has 0 atom stereocenters. The topological polar surface area (TPSA) is 54.5 Å². The van der Waals surface area contributed by atoms with Gasteiger partial charge in [-0.15, -0.1) is 5.10 Å². The smallest absolute Gasteiger partial charge is 0.191 e. The molecule has 22 heavy (non-hydrogen) atoms. The van der Waals surface area contributed by atoms with Gasteiger partial charge >= 0.3 is 0 Å². The number of hydrogen-bond acceptors (Lipinski definition) is 3. The van der Waals surface area contributed by atoms with E-state index in [0.29, 0.717) is 11.3 Å². The highest BCUT2D eigenvalue weighted by Crippen LogP contribution is 2.26. The van der Waals surface area contributed by atoms with Gasteiger partial charge in [-0.05, 0) is 42.3 Å². The van der Waals surface area contributed by atoms with Gasteiger partial charge in [0.05, 0.1) is 5.69 Å². The van der Waals surface area contributed by atoms with Crippen LogP contribution in [0.1, 0.15) is 18.2 Å². The summed E-state index contributed by atoms with van der Waals surface area (Å²) in [5.41, 5.74) is 3.47. The number of nitriles is 1. The molecule has 0 radical (unpaired) electrons. The van der Waals surface area contributed by atoms with Crippen LogP contribution in [-0.4, -0.2) is 15.0 Å². The van der Waals surface area contributed by atoms with Gasteiger partial charge in [0.2, 0.25) is 0 Å². The summed E-state index contributed by atoms with van der Waals surface area (Å²) in [6, 6.07) is 15.8. The van der Waals surface area contributed by atoms with Crippen LogP contribution >= 0.6 is 0 Å². The van der Waals surface area contributed by atoms with Crippen molar-refractivity contribution in [1.29, 1.82) is 5.26 Å². The van der Waals surface area contributed by atoms with Gasteiger partial charge in [0, 0.05) is 5.56 Å². The number of halogens is 1. The number of rotatable bonds is 3. The van der Waals surface area contributed by atoms with Crippen LogP contribution in [0.25, 0.3) is 16.9 Å². The minimum absolute atomic E-state index is 0.220. The molecule has 2 aromatic carbocycles. The molecule has 0 aliphatic rings. The van der Waals surface area contributed by atoms with Crippen LogP contribution in [0.4, 0.5) is 4.39 Å². The predicted molar refractivity (Wildman–Crippen MR) is 80.8 cm³/mol. The van der Waals surface area contributed by atoms with Crippen molar-refractivity contribution in [2.24, 2.45) is 0 Å². The Morgan fingerprint density at radius 1 is 1.14 bits per heavy atom. The largest absolute Gasteiger partial charge is 0.211 e. The molecule has 5 heteroatoms. The number of para-hydroxylation sites is 1.